The van der Waals surface area contributed by atoms with Crippen molar-refractivity contribution in [2.24, 2.45) is 0 Å². The van der Waals surface area contributed by atoms with Crippen LogP contribution < -0.4 is 14.8 Å². The summed E-state index contributed by atoms with van der Waals surface area (Å²) >= 11 is 0. The standard InChI is InChI=1S/C15H20F2N2O3S.ClH/c16-15(17)9-22-13-3-5-14(6-4-13)23(20,21)19-12-7-10-1-2-11(8-12)18-10;/h3-6,10-12,15,18-19H,1-2,7-9H2;1H. The topological polar surface area (TPSA) is 67.4 Å². The molecule has 2 unspecified atom stereocenters. The number of sulfonamides is 1. The molecule has 0 radical (unpaired) electrons. The van der Waals surface area contributed by atoms with E-state index in [2.05, 4.69) is 10.0 Å². The molecule has 0 spiro atoms. The molecule has 2 bridgehead atoms. The zero-order valence-corrected chi connectivity index (χ0v) is 14.6. The van der Waals surface area contributed by atoms with E-state index in [0.29, 0.717) is 12.1 Å². The van der Waals surface area contributed by atoms with Gasteiger partial charge in [-0.1, -0.05) is 0 Å². The third-order valence-corrected chi connectivity index (χ3v) is 5.84. The first-order chi connectivity index (χ1) is 10.9. The quantitative estimate of drug-likeness (QED) is 0.792. The molecule has 0 saturated carbocycles. The first-order valence-corrected chi connectivity index (χ1v) is 9.20. The number of hydrogen-bond acceptors (Lipinski definition) is 4. The van der Waals surface area contributed by atoms with Gasteiger partial charge in [0.2, 0.25) is 10.0 Å². The first-order valence-electron chi connectivity index (χ1n) is 7.72. The summed E-state index contributed by atoms with van der Waals surface area (Å²) < 4.78 is 56.6. The molecule has 2 heterocycles. The van der Waals surface area contributed by atoms with E-state index in [9.17, 15) is 17.2 Å². The van der Waals surface area contributed by atoms with Crippen molar-refractivity contribution in [2.45, 2.75) is 55.1 Å². The summed E-state index contributed by atoms with van der Waals surface area (Å²) in [6.45, 7) is -0.706. The molecule has 2 atom stereocenters. The Bertz CT molecular complexity index is 631. The molecule has 2 aliphatic rings. The van der Waals surface area contributed by atoms with E-state index in [0.717, 1.165) is 25.7 Å². The van der Waals surface area contributed by atoms with Crippen LogP contribution in [0.25, 0.3) is 0 Å². The van der Waals surface area contributed by atoms with Gasteiger partial charge >= 0.3 is 0 Å². The summed E-state index contributed by atoms with van der Waals surface area (Å²) in [7, 11) is -3.61. The molecule has 3 rings (SSSR count). The van der Waals surface area contributed by atoms with Crippen molar-refractivity contribution in [1.82, 2.24) is 10.0 Å². The van der Waals surface area contributed by atoms with Crippen LogP contribution in [-0.2, 0) is 10.0 Å². The normalized spacial score (nSPS) is 26.2. The third-order valence-electron chi connectivity index (χ3n) is 4.30. The van der Waals surface area contributed by atoms with Crippen LogP contribution in [0.15, 0.2) is 29.2 Å². The Balaban J connectivity index is 0.00000208. The second kappa shape index (κ2) is 7.95. The van der Waals surface area contributed by atoms with E-state index in [4.69, 9.17) is 4.74 Å². The smallest absolute Gasteiger partial charge is 0.272 e. The predicted octanol–water partition coefficient (Wildman–Crippen LogP) is 2.31. The highest BCUT2D eigenvalue weighted by Crippen LogP contribution is 2.28. The number of piperidine rings is 1. The molecule has 1 aromatic carbocycles. The summed E-state index contributed by atoms with van der Waals surface area (Å²) in [5.74, 6) is 0.226. The molecule has 9 heteroatoms. The Kier molecular flexibility index (Phi) is 6.41. The Labute approximate surface area is 146 Å². The Morgan fingerprint density at radius 2 is 1.75 bits per heavy atom. The first kappa shape index (κ1) is 19.4. The molecule has 136 valence electrons. The van der Waals surface area contributed by atoms with E-state index < -0.39 is 23.1 Å². The zero-order valence-electron chi connectivity index (χ0n) is 13.0. The number of benzene rings is 1. The average Bonchev–Trinajstić information content (AvgIpc) is 2.84. The Morgan fingerprint density at radius 3 is 2.29 bits per heavy atom. The summed E-state index contributed by atoms with van der Waals surface area (Å²) in [6, 6.07) is 6.26. The molecule has 0 aliphatic carbocycles. The third kappa shape index (κ3) is 4.78. The second-order valence-electron chi connectivity index (χ2n) is 6.10. The molecular formula is C15H21ClF2N2O3S. The highest BCUT2D eigenvalue weighted by atomic mass is 35.5. The SMILES string of the molecule is Cl.O=S(=O)(NC1CC2CCC(C1)N2)c1ccc(OCC(F)F)cc1. The molecular weight excluding hydrogens is 362 g/mol. The van der Waals surface area contributed by atoms with Crippen LogP contribution in [0.3, 0.4) is 0 Å². The van der Waals surface area contributed by atoms with Gasteiger partial charge in [0.05, 0.1) is 4.90 Å². The van der Waals surface area contributed by atoms with Crippen molar-refractivity contribution in [3.63, 3.8) is 0 Å². The fourth-order valence-electron chi connectivity index (χ4n) is 3.32. The van der Waals surface area contributed by atoms with Crippen LogP contribution >= 0.6 is 12.4 Å². The molecule has 2 aliphatic heterocycles. The largest absolute Gasteiger partial charge is 0.488 e. The van der Waals surface area contributed by atoms with Gasteiger partial charge in [-0.25, -0.2) is 21.9 Å². The average molecular weight is 383 g/mol. The number of rotatable bonds is 6. The Morgan fingerprint density at radius 1 is 1.17 bits per heavy atom. The zero-order chi connectivity index (χ0) is 16.4. The van der Waals surface area contributed by atoms with Crippen molar-refractivity contribution in [2.75, 3.05) is 6.61 Å². The lowest BCUT2D eigenvalue weighted by Crippen LogP contribution is -2.47. The number of hydrogen-bond donors (Lipinski definition) is 2. The van der Waals surface area contributed by atoms with Gasteiger partial charge in [0.25, 0.3) is 6.43 Å². The van der Waals surface area contributed by atoms with Crippen molar-refractivity contribution in [3.05, 3.63) is 24.3 Å². The maximum atomic E-state index is 12.4. The number of ether oxygens (including phenoxy) is 1. The highest BCUT2D eigenvalue weighted by Gasteiger charge is 2.35. The lowest BCUT2D eigenvalue weighted by Gasteiger charge is -2.29. The molecule has 5 nitrogen and oxygen atoms in total. The van der Waals surface area contributed by atoms with E-state index in [1.54, 1.807) is 0 Å². The van der Waals surface area contributed by atoms with Crippen LogP contribution in [-0.4, -0.2) is 39.6 Å². The van der Waals surface area contributed by atoms with Crippen molar-refractivity contribution in [1.29, 1.82) is 0 Å². The Hall–Kier alpha value is -0.960. The lowest BCUT2D eigenvalue weighted by molar-refractivity contribution is 0.0819. The van der Waals surface area contributed by atoms with Crippen LogP contribution in [0.4, 0.5) is 8.78 Å². The molecule has 0 amide bonds. The molecule has 24 heavy (non-hydrogen) atoms. The summed E-state index contributed by atoms with van der Waals surface area (Å²) in [6.07, 6.45) is 1.23. The van der Waals surface area contributed by atoms with Gasteiger partial charge in [0, 0.05) is 18.1 Å². The number of alkyl halides is 2. The second-order valence-corrected chi connectivity index (χ2v) is 7.81. The predicted molar refractivity (Wildman–Crippen MR) is 88.5 cm³/mol. The lowest BCUT2D eigenvalue weighted by atomic mass is 10.0. The maximum absolute atomic E-state index is 12.4. The number of fused-ring (bicyclic) bond motifs is 2. The van der Waals surface area contributed by atoms with E-state index in [1.807, 2.05) is 0 Å². The minimum atomic E-state index is -3.61. The number of halogens is 3. The minimum absolute atomic E-state index is 0. The van der Waals surface area contributed by atoms with Crippen molar-refractivity contribution < 1.29 is 21.9 Å². The van der Waals surface area contributed by atoms with Crippen molar-refractivity contribution >= 4 is 22.4 Å². The molecule has 0 aromatic heterocycles. The minimum Gasteiger partial charge on any atom is -0.488 e. The molecule has 1 aromatic rings. The fourth-order valence-corrected chi connectivity index (χ4v) is 4.58. The van der Waals surface area contributed by atoms with Crippen LogP contribution in [0.5, 0.6) is 5.75 Å². The van der Waals surface area contributed by atoms with Crippen LogP contribution in [0.2, 0.25) is 0 Å². The van der Waals surface area contributed by atoms with Gasteiger partial charge in [-0.3, -0.25) is 0 Å². The summed E-state index contributed by atoms with van der Waals surface area (Å²) in [5, 5.41) is 3.46. The van der Waals surface area contributed by atoms with Crippen LogP contribution in [0, 0.1) is 0 Å². The summed E-state index contributed by atoms with van der Waals surface area (Å²) in [4.78, 5) is 0.118. The molecule has 2 N–H and O–H groups in total. The van der Waals surface area contributed by atoms with Gasteiger partial charge in [-0.2, -0.15) is 0 Å². The van der Waals surface area contributed by atoms with E-state index in [1.165, 1.54) is 24.3 Å². The van der Waals surface area contributed by atoms with Crippen molar-refractivity contribution in [3.8, 4) is 5.75 Å². The van der Waals surface area contributed by atoms with Gasteiger partial charge in [-0.15, -0.1) is 12.4 Å². The van der Waals surface area contributed by atoms with E-state index >= 15 is 0 Å². The monoisotopic (exact) mass is 382 g/mol. The van der Waals surface area contributed by atoms with Gasteiger partial charge < -0.3 is 10.1 Å². The molecule has 2 saturated heterocycles. The summed E-state index contributed by atoms with van der Waals surface area (Å²) in [5.41, 5.74) is 0. The molecule has 2 fully saturated rings. The van der Waals surface area contributed by atoms with Gasteiger partial charge in [-0.05, 0) is 49.9 Å². The van der Waals surface area contributed by atoms with Crippen LogP contribution in [0.1, 0.15) is 25.7 Å². The van der Waals surface area contributed by atoms with Gasteiger partial charge in [0.1, 0.15) is 12.4 Å². The van der Waals surface area contributed by atoms with Gasteiger partial charge in [0.15, 0.2) is 0 Å². The number of nitrogens with one attached hydrogen (secondary N) is 2. The fraction of sp³-hybridized carbons (Fsp3) is 0.600. The highest BCUT2D eigenvalue weighted by molar-refractivity contribution is 7.89. The maximum Gasteiger partial charge on any atom is 0.272 e. The van der Waals surface area contributed by atoms with E-state index in [-0.39, 0.29) is 29.1 Å².